The Morgan fingerprint density at radius 2 is 1.45 bits per heavy atom. The zero-order valence-corrected chi connectivity index (χ0v) is 20.0. The number of aromatic hydroxyl groups is 1. The predicted molar refractivity (Wildman–Crippen MR) is 139 cm³/mol. The van der Waals surface area contributed by atoms with Gasteiger partial charge in [0.25, 0.3) is 0 Å². The van der Waals surface area contributed by atoms with Crippen LogP contribution in [0.4, 0.5) is 0 Å². The normalized spacial score (nSPS) is 14.8. The number of piperazine rings is 1. The quantitative estimate of drug-likeness (QED) is 0.434. The Kier molecular flexibility index (Phi) is 9.37. The third-order valence-electron chi connectivity index (χ3n) is 5.96. The van der Waals surface area contributed by atoms with E-state index in [1.165, 1.54) is 16.7 Å². The van der Waals surface area contributed by atoms with Crippen molar-refractivity contribution in [1.29, 1.82) is 0 Å². The molecule has 33 heavy (non-hydrogen) atoms. The smallest absolute Gasteiger partial charge is 0.119 e. The van der Waals surface area contributed by atoms with Crippen LogP contribution in [0.2, 0.25) is 0 Å². The number of phenols is 1. The number of hydrogen-bond acceptors (Lipinski definition) is 4. The first-order chi connectivity index (χ1) is 15.7. The van der Waals surface area contributed by atoms with Gasteiger partial charge in [-0.05, 0) is 58.5 Å². The summed E-state index contributed by atoms with van der Waals surface area (Å²) in [4.78, 5) is 2.43. The van der Waals surface area contributed by atoms with Crippen LogP contribution in [0.3, 0.4) is 0 Å². The second-order valence-corrected chi connectivity index (χ2v) is 8.08. The minimum absolute atomic E-state index is 0. The van der Waals surface area contributed by atoms with Gasteiger partial charge in [-0.2, -0.15) is 0 Å². The van der Waals surface area contributed by atoms with Crippen LogP contribution >= 0.6 is 12.4 Å². The molecule has 1 saturated heterocycles. The van der Waals surface area contributed by atoms with E-state index >= 15 is 0 Å². The Hall–Kier alpha value is -2.79. The predicted octanol–water partition coefficient (Wildman–Crippen LogP) is 5.47. The number of benzene rings is 3. The maximum atomic E-state index is 9.80. The van der Waals surface area contributed by atoms with E-state index in [1.54, 1.807) is 12.1 Å². The maximum absolute atomic E-state index is 9.80. The summed E-state index contributed by atoms with van der Waals surface area (Å²) in [6.07, 6.45) is 0.906. The molecule has 0 radical (unpaired) electrons. The highest BCUT2D eigenvalue weighted by atomic mass is 35.5. The molecule has 174 valence electrons. The number of nitrogens with zero attached hydrogens (tertiary/aromatic N) is 1. The SMILES string of the molecule is CC/C(=C(/c1ccc(O)cc1)c1ccc(OCCN2CCNCC2)cc1)c1ccccc1.Cl. The molecule has 1 aliphatic heterocycles. The molecule has 0 spiro atoms. The van der Waals surface area contributed by atoms with E-state index in [1.807, 2.05) is 18.2 Å². The summed E-state index contributed by atoms with van der Waals surface area (Å²) >= 11 is 0. The van der Waals surface area contributed by atoms with Crippen LogP contribution in [-0.2, 0) is 0 Å². The van der Waals surface area contributed by atoms with E-state index in [-0.39, 0.29) is 18.2 Å². The largest absolute Gasteiger partial charge is 0.508 e. The van der Waals surface area contributed by atoms with Crippen molar-refractivity contribution >= 4 is 23.6 Å². The number of rotatable bonds is 8. The second kappa shape index (κ2) is 12.4. The van der Waals surface area contributed by atoms with Gasteiger partial charge in [0.15, 0.2) is 0 Å². The molecule has 4 rings (SSSR count). The summed E-state index contributed by atoms with van der Waals surface area (Å²) < 4.78 is 6.03. The fraction of sp³-hybridized carbons (Fsp3) is 0.286. The summed E-state index contributed by atoms with van der Waals surface area (Å²) in [5.41, 5.74) is 5.92. The van der Waals surface area contributed by atoms with Gasteiger partial charge in [0, 0.05) is 32.7 Å². The topological polar surface area (TPSA) is 44.7 Å². The number of nitrogens with one attached hydrogen (secondary N) is 1. The third kappa shape index (κ3) is 6.61. The average Bonchev–Trinajstić information content (AvgIpc) is 2.85. The van der Waals surface area contributed by atoms with Gasteiger partial charge >= 0.3 is 0 Å². The summed E-state index contributed by atoms with van der Waals surface area (Å²) in [5, 5.41) is 13.2. The van der Waals surface area contributed by atoms with E-state index in [0.717, 1.165) is 56.0 Å². The van der Waals surface area contributed by atoms with Crippen LogP contribution in [0.5, 0.6) is 11.5 Å². The van der Waals surface area contributed by atoms with Gasteiger partial charge in [-0.1, -0.05) is 61.5 Å². The molecule has 4 nitrogen and oxygen atoms in total. The summed E-state index contributed by atoms with van der Waals surface area (Å²) in [5.74, 6) is 1.17. The lowest BCUT2D eigenvalue weighted by Crippen LogP contribution is -2.44. The fourth-order valence-electron chi connectivity index (χ4n) is 4.25. The molecule has 3 aromatic carbocycles. The van der Waals surface area contributed by atoms with E-state index in [2.05, 4.69) is 65.7 Å². The molecule has 5 heteroatoms. The van der Waals surface area contributed by atoms with E-state index in [4.69, 9.17) is 4.74 Å². The van der Waals surface area contributed by atoms with Crippen LogP contribution < -0.4 is 10.1 Å². The van der Waals surface area contributed by atoms with Crippen LogP contribution in [-0.4, -0.2) is 49.3 Å². The highest BCUT2D eigenvalue weighted by Gasteiger charge is 2.14. The Bertz CT molecular complexity index is 1010. The lowest BCUT2D eigenvalue weighted by Gasteiger charge is -2.26. The third-order valence-corrected chi connectivity index (χ3v) is 5.96. The minimum Gasteiger partial charge on any atom is -0.508 e. The Morgan fingerprint density at radius 1 is 0.848 bits per heavy atom. The van der Waals surface area contributed by atoms with Crippen molar-refractivity contribution in [1.82, 2.24) is 10.2 Å². The van der Waals surface area contributed by atoms with Crippen molar-refractivity contribution in [3.8, 4) is 11.5 Å². The Morgan fingerprint density at radius 3 is 2.06 bits per heavy atom. The van der Waals surface area contributed by atoms with E-state index < -0.39 is 0 Å². The van der Waals surface area contributed by atoms with Gasteiger partial charge in [-0.15, -0.1) is 12.4 Å². The first-order valence-electron chi connectivity index (χ1n) is 11.5. The van der Waals surface area contributed by atoms with Crippen LogP contribution in [0, 0.1) is 0 Å². The molecule has 0 amide bonds. The van der Waals surface area contributed by atoms with Crippen LogP contribution in [0.15, 0.2) is 78.9 Å². The van der Waals surface area contributed by atoms with Crippen molar-refractivity contribution in [3.63, 3.8) is 0 Å². The van der Waals surface area contributed by atoms with Gasteiger partial charge in [0.1, 0.15) is 18.1 Å². The molecule has 0 atom stereocenters. The summed E-state index contributed by atoms with van der Waals surface area (Å²) in [7, 11) is 0. The first-order valence-corrected chi connectivity index (χ1v) is 11.5. The van der Waals surface area contributed by atoms with E-state index in [9.17, 15) is 5.11 Å². The van der Waals surface area contributed by atoms with Gasteiger partial charge in [-0.3, -0.25) is 4.90 Å². The number of ether oxygens (including phenoxy) is 1. The zero-order chi connectivity index (χ0) is 22.2. The molecule has 0 aromatic heterocycles. The standard InChI is InChI=1S/C28H32N2O2.ClH/c1-2-27(22-6-4-3-5-7-22)28(23-8-12-25(31)13-9-23)24-10-14-26(15-11-24)32-21-20-30-18-16-29-17-19-30;/h3-15,29,31H,2,16-21H2,1H3;1H/b28-27+;. The highest BCUT2D eigenvalue weighted by Crippen LogP contribution is 2.35. The number of allylic oxidation sites excluding steroid dienone is 1. The lowest BCUT2D eigenvalue weighted by molar-refractivity contribution is 0.191. The monoisotopic (exact) mass is 464 g/mol. The molecule has 1 heterocycles. The molecule has 2 N–H and O–H groups in total. The molecule has 1 aliphatic rings. The van der Waals surface area contributed by atoms with Crippen molar-refractivity contribution in [2.45, 2.75) is 13.3 Å². The highest BCUT2D eigenvalue weighted by molar-refractivity contribution is 5.98. The maximum Gasteiger partial charge on any atom is 0.119 e. The zero-order valence-electron chi connectivity index (χ0n) is 19.2. The van der Waals surface area contributed by atoms with Gasteiger partial charge in [0.2, 0.25) is 0 Å². The molecule has 0 bridgehead atoms. The Labute approximate surface area is 203 Å². The number of phenolic OH excluding ortho intramolecular Hbond substituents is 1. The van der Waals surface area contributed by atoms with Gasteiger partial charge < -0.3 is 15.2 Å². The lowest BCUT2D eigenvalue weighted by atomic mass is 9.88. The van der Waals surface area contributed by atoms with E-state index in [0.29, 0.717) is 6.61 Å². The van der Waals surface area contributed by atoms with Crippen LogP contribution in [0.1, 0.15) is 30.0 Å². The van der Waals surface area contributed by atoms with Crippen molar-refractivity contribution in [2.75, 3.05) is 39.3 Å². The number of halogens is 1. The molecular formula is C28H33ClN2O2. The first kappa shape index (κ1) is 24.8. The molecule has 3 aromatic rings. The number of hydrogen-bond donors (Lipinski definition) is 2. The molecule has 0 saturated carbocycles. The average molecular weight is 465 g/mol. The molecule has 1 fully saturated rings. The van der Waals surface area contributed by atoms with Crippen LogP contribution in [0.25, 0.3) is 11.1 Å². The summed E-state index contributed by atoms with van der Waals surface area (Å²) in [6.45, 7) is 8.13. The van der Waals surface area contributed by atoms with Crippen molar-refractivity contribution in [2.24, 2.45) is 0 Å². The molecule has 0 aliphatic carbocycles. The van der Waals surface area contributed by atoms with Gasteiger partial charge in [0.05, 0.1) is 0 Å². The summed E-state index contributed by atoms with van der Waals surface area (Å²) in [6, 6.07) is 26.4. The van der Waals surface area contributed by atoms with Gasteiger partial charge in [-0.25, -0.2) is 0 Å². The van der Waals surface area contributed by atoms with Crippen molar-refractivity contribution in [3.05, 3.63) is 95.6 Å². The molecular weight excluding hydrogens is 432 g/mol. The van der Waals surface area contributed by atoms with Crippen molar-refractivity contribution < 1.29 is 9.84 Å². The fourth-order valence-corrected chi connectivity index (χ4v) is 4.25. The Balaban J connectivity index is 0.00000306. The minimum atomic E-state index is 0. The molecule has 0 unspecified atom stereocenters. The second-order valence-electron chi connectivity index (χ2n) is 8.08.